The van der Waals surface area contributed by atoms with Gasteiger partial charge in [0.05, 0.1) is 6.54 Å². The molecule has 2 unspecified atom stereocenters. The molecule has 6 heteroatoms. The molecule has 0 bridgehead atoms. The lowest BCUT2D eigenvalue weighted by molar-refractivity contribution is -0.136. The van der Waals surface area contributed by atoms with Gasteiger partial charge in [0.1, 0.15) is 6.61 Å². The summed E-state index contributed by atoms with van der Waals surface area (Å²) in [7, 11) is 1.86. The summed E-state index contributed by atoms with van der Waals surface area (Å²) >= 11 is 0. The first-order chi connectivity index (χ1) is 10.7. The molecule has 0 saturated heterocycles. The third-order valence-corrected chi connectivity index (χ3v) is 3.73. The van der Waals surface area contributed by atoms with Gasteiger partial charge in [-0.1, -0.05) is 26.0 Å². The Morgan fingerprint density at radius 3 is 2.74 bits per heavy atom. The van der Waals surface area contributed by atoms with Gasteiger partial charge in [-0.05, 0) is 25.6 Å². The van der Waals surface area contributed by atoms with Gasteiger partial charge < -0.3 is 19.7 Å². The van der Waals surface area contributed by atoms with E-state index in [9.17, 15) is 4.79 Å². The highest BCUT2D eigenvalue weighted by molar-refractivity contribution is 5.85. The number of halogens is 1. The number of carbonyl (C=O) groups excluding carboxylic acids is 1. The number of nitrogens with zero attached hydrogens (tertiary/aromatic N) is 1. The topological polar surface area (TPSA) is 50.8 Å². The van der Waals surface area contributed by atoms with Crippen LogP contribution in [0, 0.1) is 5.92 Å². The molecule has 1 heterocycles. The minimum absolute atomic E-state index is 0. The van der Waals surface area contributed by atoms with Crippen molar-refractivity contribution in [3.8, 4) is 11.5 Å². The predicted molar refractivity (Wildman–Crippen MR) is 93.6 cm³/mol. The van der Waals surface area contributed by atoms with Crippen LogP contribution in [0.25, 0.3) is 0 Å². The molecule has 0 saturated carbocycles. The van der Waals surface area contributed by atoms with Crippen molar-refractivity contribution < 1.29 is 14.3 Å². The molecule has 0 aromatic heterocycles. The standard InChI is InChI=1S/C17H26N2O3.ClH/c1-4-9-19(17(20)13(2)10-18-3)11-14-12-21-15-7-5-6-8-16(15)22-14;/h5-8,13-14,18H,4,9-12H2,1-3H3;1H. The Bertz CT molecular complexity index is 498. The van der Waals surface area contributed by atoms with Crippen molar-refractivity contribution in [3.63, 3.8) is 0 Å². The molecule has 1 amide bonds. The van der Waals surface area contributed by atoms with Gasteiger partial charge in [0, 0.05) is 19.0 Å². The van der Waals surface area contributed by atoms with Crippen LogP contribution in [0.2, 0.25) is 0 Å². The van der Waals surface area contributed by atoms with E-state index in [0.29, 0.717) is 19.7 Å². The summed E-state index contributed by atoms with van der Waals surface area (Å²) in [5.41, 5.74) is 0. The van der Waals surface area contributed by atoms with Crippen LogP contribution in [-0.2, 0) is 4.79 Å². The number of carbonyl (C=O) groups is 1. The summed E-state index contributed by atoms with van der Waals surface area (Å²) in [6.45, 7) is 6.50. The molecule has 2 atom stereocenters. The lowest BCUT2D eigenvalue weighted by Crippen LogP contribution is -2.46. The fourth-order valence-electron chi connectivity index (χ4n) is 2.67. The number of fused-ring (bicyclic) bond motifs is 1. The maximum atomic E-state index is 12.5. The number of hydrogen-bond donors (Lipinski definition) is 1. The monoisotopic (exact) mass is 342 g/mol. The van der Waals surface area contributed by atoms with Gasteiger partial charge in [-0.25, -0.2) is 0 Å². The smallest absolute Gasteiger partial charge is 0.226 e. The minimum Gasteiger partial charge on any atom is -0.486 e. The molecule has 0 spiro atoms. The maximum absolute atomic E-state index is 12.5. The summed E-state index contributed by atoms with van der Waals surface area (Å²) in [5, 5.41) is 3.06. The second-order valence-corrected chi connectivity index (χ2v) is 5.74. The highest BCUT2D eigenvalue weighted by Gasteiger charge is 2.27. The molecular weight excluding hydrogens is 316 g/mol. The normalized spacial score (nSPS) is 17.1. The van der Waals surface area contributed by atoms with Crippen molar-refractivity contribution in [1.29, 1.82) is 0 Å². The lowest BCUT2D eigenvalue weighted by Gasteiger charge is -2.32. The summed E-state index contributed by atoms with van der Waals surface area (Å²) in [6, 6.07) is 7.65. The van der Waals surface area contributed by atoms with Crippen LogP contribution in [0.15, 0.2) is 24.3 Å². The third-order valence-electron chi connectivity index (χ3n) is 3.73. The van der Waals surface area contributed by atoms with Crippen LogP contribution in [0.4, 0.5) is 0 Å². The van der Waals surface area contributed by atoms with Crippen LogP contribution in [0.3, 0.4) is 0 Å². The van der Waals surface area contributed by atoms with Crippen LogP contribution >= 0.6 is 12.4 Å². The second-order valence-electron chi connectivity index (χ2n) is 5.74. The number of nitrogens with one attached hydrogen (secondary N) is 1. The van der Waals surface area contributed by atoms with Crippen molar-refractivity contribution >= 4 is 18.3 Å². The third kappa shape index (κ3) is 5.29. The summed E-state index contributed by atoms with van der Waals surface area (Å²) < 4.78 is 11.7. The van der Waals surface area contributed by atoms with Crippen LogP contribution < -0.4 is 14.8 Å². The first-order valence-electron chi connectivity index (χ1n) is 7.97. The Balaban J connectivity index is 0.00000264. The quantitative estimate of drug-likeness (QED) is 0.826. The highest BCUT2D eigenvalue weighted by Crippen LogP contribution is 2.31. The van der Waals surface area contributed by atoms with E-state index >= 15 is 0 Å². The molecule has 1 aromatic carbocycles. The van der Waals surface area contributed by atoms with Crippen LogP contribution in [-0.4, -0.2) is 50.2 Å². The zero-order chi connectivity index (χ0) is 15.9. The number of ether oxygens (including phenoxy) is 2. The minimum atomic E-state index is -0.118. The highest BCUT2D eigenvalue weighted by atomic mass is 35.5. The number of amides is 1. The van der Waals surface area contributed by atoms with Gasteiger partial charge >= 0.3 is 0 Å². The molecule has 1 aromatic rings. The fraction of sp³-hybridized carbons (Fsp3) is 0.588. The number of para-hydroxylation sites is 2. The number of rotatable bonds is 7. The van der Waals surface area contributed by atoms with Crippen molar-refractivity contribution in [2.45, 2.75) is 26.4 Å². The summed E-state index contributed by atoms with van der Waals surface area (Å²) in [6.07, 6.45) is 0.814. The molecular formula is C17H27ClN2O3. The summed E-state index contributed by atoms with van der Waals surface area (Å²) in [5.74, 6) is 1.66. The molecule has 130 valence electrons. The van der Waals surface area contributed by atoms with E-state index in [1.165, 1.54) is 0 Å². The number of benzene rings is 1. The Labute approximate surface area is 144 Å². The molecule has 1 aliphatic rings. The first kappa shape index (κ1) is 19.6. The van der Waals surface area contributed by atoms with E-state index in [-0.39, 0.29) is 30.3 Å². The predicted octanol–water partition coefficient (Wildman–Crippen LogP) is 2.34. The zero-order valence-corrected chi connectivity index (χ0v) is 14.9. The van der Waals surface area contributed by atoms with Gasteiger partial charge in [-0.15, -0.1) is 12.4 Å². The summed E-state index contributed by atoms with van der Waals surface area (Å²) in [4.78, 5) is 14.4. The van der Waals surface area contributed by atoms with E-state index in [2.05, 4.69) is 12.2 Å². The van der Waals surface area contributed by atoms with E-state index < -0.39 is 0 Å². The van der Waals surface area contributed by atoms with Crippen molar-refractivity contribution in [3.05, 3.63) is 24.3 Å². The van der Waals surface area contributed by atoms with Gasteiger partial charge in [-0.3, -0.25) is 4.79 Å². The average molecular weight is 343 g/mol. The van der Waals surface area contributed by atoms with Gasteiger partial charge in [-0.2, -0.15) is 0 Å². The second kappa shape index (κ2) is 9.63. The Kier molecular flexibility index (Phi) is 8.20. The maximum Gasteiger partial charge on any atom is 0.226 e. The number of hydrogen-bond acceptors (Lipinski definition) is 4. The van der Waals surface area contributed by atoms with Crippen LogP contribution in [0.5, 0.6) is 11.5 Å². The molecule has 5 nitrogen and oxygen atoms in total. The van der Waals surface area contributed by atoms with E-state index in [4.69, 9.17) is 9.47 Å². The molecule has 0 aliphatic carbocycles. The van der Waals surface area contributed by atoms with E-state index in [1.807, 2.05) is 43.1 Å². The van der Waals surface area contributed by atoms with Gasteiger partial charge in [0.25, 0.3) is 0 Å². The van der Waals surface area contributed by atoms with Gasteiger partial charge in [0.2, 0.25) is 5.91 Å². The molecule has 2 rings (SSSR count). The van der Waals surface area contributed by atoms with Crippen molar-refractivity contribution in [2.24, 2.45) is 5.92 Å². The molecule has 0 fully saturated rings. The Morgan fingerprint density at radius 2 is 2.09 bits per heavy atom. The van der Waals surface area contributed by atoms with Crippen molar-refractivity contribution in [1.82, 2.24) is 10.2 Å². The SMILES string of the molecule is CCCN(CC1COc2ccccc2O1)C(=O)C(C)CNC.Cl. The molecule has 0 radical (unpaired) electrons. The van der Waals surface area contributed by atoms with Crippen molar-refractivity contribution in [2.75, 3.05) is 33.3 Å². The Hall–Kier alpha value is -1.46. The lowest BCUT2D eigenvalue weighted by atomic mass is 10.1. The molecule has 1 aliphatic heterocycles. The van der Waals surface area contributed by atoms with Gasteiger partial charge in [0.15, 0.2) is 17.6 Å². The van der Waals surface area contributed by atoms with E-state index in [0.717, 1.165) is 24.5 Å². The van der Waals surface area contributed by atoms with E-state index in [1.54, 1.807) is 0 Å². The average Bonchev–Trinajstić information content (AvgIpc) is 2.54. The fourth-order valence-corrected chi connectivity index (χ4v) is 2.67. The molecule has 23 heavy (non-hydrogen) atoms. The first-order valence-corrected chi connectivity index (χ1v) is 7.97. The zero-order valence-electron chi connectivity index (χ0n) is 14.1. The Morgan fingerprint density at radius 1 is 1.39 bits per heavy atom. The largest absolute Gasteiger partial charge is 0.486 e. The van der Waals surface area contributed by atoms with Crippen LogP contribution in [0.1, 0.15) is 20.3 Å². The molecule has 1 N–H and O–H groups in total.